The molecule has 0 amide bonds. The molecule has 1 aromatic carbocycles. The third-order valence-corrected chi connectivity index (χ3v) is 2.53. The molecule has 0 radical (unpaired) electrons. The molecule has 0 atom stereocenters. The number of carbonyl (C=O) groups is 2. The molecule has 0 fully saturated rings. The summed E-state index contributed by atoms with van der Waals surface area (Å²) in [5.74, 6) is -1.05. The van der Waals surface area contributed by atoms with Crippen molar-refractivity contribution in [1.29, 1.82) is 0 Å². The smallest absolute Gasteiger partial charge is 0.492 e. The van der Waals surface area contributed by atoms with Gasteiger partial charge in [-0.1, -0.05) is 0 Å². The zero-order chi connectivity index (χ0) is 15.4. The van der Waals surface area contributed by atoms with Gasteiger partial charge in [0.25, 0.3) is 0 Å². The van der Waals surface area contributed by atoms with Crippen LogP contribution in [0, 0.1) is 0 Å². The SMILES string of the molecule is NCC(=O)c1ccc(OC(=O)On2c(O)ccc2O)cc1. The third-order valence-electron chi connectivity index (χ3n) is 2.53. The Kier molecular flexibility index (Phi) is 4.10. The molecule has 4 N–H and O–H groups in total. The molecular formula is C13H12N2O6. The van der Waals surface area contributed by atoms with Crippen molar-refractivity contribution in [3.8, 4) is 17.5 Å². The van der Waals surface area contributed by atoms with Crippen LogP contribution in [0.3, 0.4) is 0 Å². The molecule has 2 rings (SSSR count). The quantitative estimate of drug-likeness (QED) is 0.429. The highest BCUT2D eigenvalue weighted by atomic mass is 16.8. The van der Waals surface area contributed by atoms with Gasteiger partial charge < -0.3 is 20.7 Å². The summed E-state index contributed by atoms with van der Waals surface area (Å²) in [6, 6.07) is 7.94. The monoisotopic (exact) mass is 292 g/mol. The van der Waals surface area contributed by atoms with E-state index in [1.54, 1.807) is 0 Å². The van der Waals surface area contributed by atoms with Crippen molar-refractivity contribution in [2.45, 2.75) is 0 Å². The van der Waals surface area contributed by atoms with Gasteiger partial charge in [0.1, 0.15) is 5.75 Å². The molecule has 8 heteroatoms. The highest BCUT2D eigenvalue weighted by Crippen LogP contribution is 2.19. The first-order chi connectivity index (χ1) is 10.0. The number of Topliss-reactive ketones (excluding diaryl/α,β-unsaturated/α-hetero) is 1. The zero-order valence-corrected chi connectivity index (χ0v) is 10.7. The van der Waals surface area contributed by atoms with Gasteiger partial charge in [-0.25, -0.2) is 4.79 Å². The summed E-state index contributed by atoms with van der Waals surface area (Å²) in [6.45, 7) is -0.117. The minimum atomic E-state index is -1.17. The Hall–Kier alpha value is -3.00. The van der Waals surface area contributed by atoms with Crippen LogP contribution in [0.25, 0.3) is 0 Å². The van der Waals surface area contributed by atoms with E-state index in [1.807, 2.05) is 0 Å². The van der Waals surface area contributed by atoms with Gasteiger partial charge in [0.2, 0.25) is 11.8 Å². The molecule has 1 heterocycles. The zero-order valence-electron chi connectivity index (χ0n) is 10.7. The van der Waals surface area contributed by atoms with Gasteiger partial charge in [-0.2, -0.15) is 0 Å². The van der Waals surface area contributed by atoms with Crippen LogP contribution in [-0.2, 0) is 0 Å². The normalized spacial score (nSPS) is 10.1. The molecule has 1 aromatic heterocycles. The highest BCUT2D eigenvalue weighted by molar-refractivity contribution is 5.97. The highest BCUT2D eigenvalue weighted by Gasteiger charge is 2.14. The van der Waals surface area contributed by atoms with Gasteiger partial charge in [0.15, 0.2) is 5.78 Å². The average molecular weight is 292 g/mol. The molecule has 0 saturated carbocycles. The number of benzene rings is 1. The van der Waals surface area contributed by atoms with Crippen LogP contribution in [0.5, 0.6) is 17.5 Å². The van der Waals surface area contributed by atoms with Crippen molar-refractivity contribution >= 4 is 11.9 Å². The van der Waals surface area contributed by atoms with Crippen LogP contribution < -0.4 is 15.3 Å². The van der Waals surface area contributed by atoms with Crippen LogP contribution in [0.1, 0.15) is 10.4 Å². The number of hydrogen-bond acceptors (Lipinski definition) is 7. The second kappa shape index (κ2) is 5.97. The van der Waals surface area contributed by atoms with Crippen molar-refractivity contribution in [3.63, 3.8) is 0 Å². The second-order valence-electron chi connectivity index (χ2n) is 3.94. The topological polar surface area (TPSA) is 124 Å². The van der Waals surface area contributed by atoms with E-state index in [1.165, 1.54) is 24.3 Å². The molecule has 110 valence electrons. The van der Waals surface area contributed by atoms with Crippen molar-refractivity contribution in [2.24, 2.45) is 5.73 Å². The molecule has 0 aliphatic heterocycles. The Morgan fingerprint density at radius 2 is 1.62 bits per heavy atom. The maximum absolute atomic E-state index is 11.5. The minimum Gasteiger partial charge on any atom is -0.492 e. The summed E-state index contributed by atoms with van der Waals surface area (Å²) >= 11 is 0. The number of nitrogens with two attached hydrogens (primary N) is 1. The first-order valence-electron chi connectivity index (χ1n) is 5.84. The van der Waals surface area contributed by atoms with E-state index in [0.717, 1.165) is 12.1 Å². The first kappa shape index (κ1) is 14.4. The van der Waals surface area contributed by atoms with E-state index in [0.29, 0.717) is 10.3 Å². The van der Waals surface area contributed by atoms with Gasteiger partial charge in [-0.05, 0) is 24.3 Å². The Labute approximate surface area is 118 Å². The lowest BCUT2D eigenvalue weighted by molar-refractivity contribution is 0.0708. The molecule has 8 nitrogen and oxygen atoms in total. The fourth-order valence-electron chi connectivity index (χ4n) is 1.51. The predicted octanol–water partition coefficient (Wildman–Crippen LogP) is 0.668. The van der Waals surface area contributed by atoms with E-state index in [9.17, 15) is 19.8 Å². The van der Waals surface area contributed by atoms with Gasteiger partial charge >= 0.3 is 6.16 Å². The molecule has 0 aliphatic carbocycles. The van der Waals surface area contributed by atoms with Crippen LogP contribution >= 0.6 is 0 Å². The molecule has 0 saturated heterocycles. The van der Waals surface area contributed by atoms with Crippen LogP contribution in [-0.4, -0.2) is 33.4 Å². The van der Waals surface area contributed by atoms with Crippen molar-refractivity contribution < 1.29 is 29.4 Å². The van der Waals surface area contributed by atoms with Crippen LogP contribution in [0.2, 0.25) is 0 Å². The van der Waals surface area contributed by atoms with Crippen molar-refractivity contribution in [1.82, 2.24) is 4.73 Å². The van der Waals surface area contributed by atoms with E-state index in [-0.39, 0.29) is 18.1 Å². The average Bonchev–Trinajstić information content (AvgIpc) is 2.79. The minimum absolute atomic E-state index is 0.117. The summed E-state index contributed by atoms with van der Waals surface area (Å²) in [5, 5.41) is 18.6. The van der Waals surface area contributed by atoms with Gasteiger partial charge in [0.05, 0.1) is 6.54 Å². The summed E-state index contributed by atoms with van der Waals surface area (Å²) in [7, 11) is 0. The summed E-state index contributed by atoms with van der Waals surface area (Å²) in [6.07, 6.45) is -1.17. The standard InChI is InChI=1S/C13H12N2O6/c14-7-10(16)8-1-3-9(4-2-8)20-13(19)21-15-11(17)5-6-12(15)18/h1-6,17-18H,7,14H2. The number of nitrogens with zero attached hydrogens (tertiary/aromatic N) is 1. The second-order valence-corrected chi connectivity index (χ2v) is 3.94. The number of hydrogen-bond donors (Lipinski definition) is 3. The number of aromatic nitrogens is 1. The number of ether oxygens (including phenoxy) is 1. The number of rotatable bonds is 4. The van der Waals surface area contributed by atoms with Gasteiger partial charge in [0, 0.05) is 17.7 Å². The fourth-order valence-corrected chi connectivity index (χ4v) is 1.51. The van der Waals surface area contributed by atoms with Gasteiger partial charge in [-0.3, -0.25) is 9.63 Å². The number of aromatic hydroxyl groups is 2. The first-order valence-corrected chi connectivity index (χ1v) is 5.84. The molecular weight excluding hydrogens is 280 g/mol. The number of ketones is 1. The lowest BCUT2D eigenvalue weighted by Crippen LogP contribution is -2.22. The van der Waals surface area contributed by atoms with Crippen molar-refractivity contribution in [3.05, 3.63) is 42.0 Å². The summed E-state index contributed by atoms with van der Waals surface area (Å²) in [5.41, 5.74) is 5.61. The Bertz CT molecular complexity index is 642. The van der Waals surface area contributed by atoms with Gasteiger partial charge in [-0.15, -0.1) is 4.73 Å². The maximum Gasteiger partial charge on any atom is 0.539 e. The van der Waals surface area contributed by atoms with E-state index < -0.39 is 17.9 Å². The Morgan fingerprint density at radius 3 is 2.14 bits per heavy atom. The molecule has 0 unspecified atom stereocenters. The summed E-state index contributed by atoms with van der Waals surface area (Å²) in [4.78, 5) is 27.4. The van der Waals surface area contributed by atoms with Crippen LogP contribution in [0.15, 0.2) is 36.4 Å². The molecule has 21 heavy (non-hydrogen) atoms. The van der Waals surface area contributed by atoms with Crippen LogP contribution in [0.4, 0.5) is 4.79 Å². The maximum atomic E-state index is 11.5. The lowest BCUT2D eigenvalue weighted by atomic mass is 10.1. The Balaban J connectivity index is 2.01. The molecule has 0 spiro atoms. The largest absolute Gasteiger partial charge is 0.539 e. The molecule has 0 aliphatic rings. The Morgan fingerprint density at radius 1 is 1.05 bits per heavy atom. The molecule has 0 bridgehead atoms. The number of carbonyl (C=O) groups excluding carboxylic acids is 2. The van der Waals surface area contributed by atoms with E-state index >= 15 is 0 Å². The fraction of sp³-hybridized carbons (Fsp3) is 0.0769. The predicted molar refractivity (Wildman–Crippen MR) is 70.2 cm³/mol. The van der Waals surface area contributed by atoms with E-state index in [2.05, 4.69) is 4.84 Å². The van der Waals surface area contributed by atoms with Crippen molar-refractivity contribution in [2.75, 3.05) is 6.54 Å². The van der Waals surface area contributed by atoms with E-state index in [4.69, 9.17) is 10.5 Å². The lowest BCUT2D eigenvalue weighted by Gasteiger charge is -2.07. The summed E-state index contributed by atoms with van der Waals surface area (Å²) < 4.78 is 5.31. The third kappa shape index (κ3) is 3.31. The molecule has 2 aromatic rings.